The molecule has 0 aliphatic heterocycles. The Morgan fingerprint density at radius 3 is 2.23 bits per heavy atom. The maximum Gasteiger partial charge on any atom is 0.573 e. The number of phenolic OH excluding ortho intramolecular Hbond substituents is 1. The van der Waals surface area contributed by atoms with Crippen LogP contribution in [0.2, 0.25) is 0 Å². The predicted molar refractivity (Wildman–Crippen MR) is 73.9 cm³/mol. The lowest BCUT2D eigenvalue weighted by molar-refractivity contribution is -0.274. The third kappa shape index (κ3) is 4.89. The van der Waals surface area contributed by atoms with Gasteiger partial charge in [-0.3, -0.25) is 0 Å². The third-order valence-electron chi connectivity index (χ3n) is 2.45. The summed E-state index contributed by atoms with van der Waals surface area (Å²) in [6.45, 7) is 0. The van der Waals surface area contributed by atoms with Crippen molar-refractivity contribution in [3.63, 3.8) is 0 Å². The maximum absolute atomic E-state index is 12.0. The zero-order valence-electron chi connectivity index (χ0n) is 11.0. The van der Waals surface area contributed by atoms with E-state index < -0.39 is 12.4 Å². The van der Waals surface area contributed by atoms with E-state index in [2.05, 4.69) is 15.4 Å². The summed E-state index contributed by atoms with van der Waals surface area (Å²) in [6, 6.07) is 10.0. The van der Waals surface area contributed by atoms with Crippen molar-refractivity contribution in [1.29, 1.82) is 0 Å². The molecule has 0 saturated carbocycles. The number of ether oxygens (including phenoxy) is 1. The number of hydrogen-bond donors (Lipinski definition) is 3. The van der Waals surface area contributed by atoms with E-state index in [1.54, 1.807) is 12.1 Å². The highest BCUT2D eigenvalue weighted by Crippen LogP contribution is 2.24. The topological polar surface area (TPSA) is 70.6 Å². The van der Waals surface area contributed by atoms with E-state index in [4.69, 9.17) is 0 Å². The Morgan fingerprint density at radius 1 is 1.00 bits per heavy atom. The molecule has 2 aromatic rings. The molecule has 3 N–H and O–H groups in total. The number of anilines is 2. The minimum atomic E-state index is -4.76. The van der Waals surface area contributed by atoms with Crippen LogP contribution in [0, 0.1) is 0 Å². The number of alkyl halides is 3. The number of rotatable bonds is 3. The average Bonchev–Trinajstić information content (AvgIpc) is 2.39. The molecular weight excluding hydrogens is 301 g/mol. The van der Waals surface area contributed by atoms with Crippen LogP contribution in [0.15, 0.2) is 48.5 Å². The summed E-state index contributed by atoms with van der Waals surface area (Å²) in [6.07, 6.45) is -4.76. The molecule has 116 valence electrons. The van der Waals surface area contributed by atoms with Gasteiger partial charge >= 0.3 is 12.4 Å². The molecule has 0 saturated heterocycles. The molecule has 2 amide bonds. The first-order valence-corrected chi connectivity index (χ1v) is 6.05. The second-order valence-electron chi connectivity index (χ2n) is 4.20. The van der Waals surface area contributed by atoms with Gasteiger partial charge in [-0.2, -0.15) is 0 Å². The van der Waals surface area contributed by atoms with Crippen LogP contribution >= 0.6 is 0 Å². The van der Waals surface area contributed by atoms with E-state index in [0.29, 0.717) is 5.69 Å². The number of phenols is 1. The van der Waals surface area contributed by atoms with Crippen molar-refractivity contribution >= 4 is 17.4 Å². The van der Waals surface area contributed by atoms with Gasteiger partial charge in [0.25, 0.3) is 0 Å². The van der Waals surface area contributed by atoms with Crippen molar-refractivity contribution in [2.75, 3.05) is 10.6 Å². The second-order valence-corrected chi connectivity index (χ2v) is 4.20. The number of halogens is 3. The lowest BCUT2D eigenvalue weighted by atomic mass is 10.3. The first-order chi connectivity index (χ1) is 10.3. The minimum Gasteiger partial charge on any atom is -0.508 e. The van der Waals surface area contributed by atoms with Crippen LogP contribution in [0.1, 0.15) is 0 Å². The highest BCUT2D eigenvalue weighted by Gasteiger charge is 2.30. The number of benzene rings is 2. The van der Waals surface area contributed by atoms with Crippen LogP contribution in [0.5, 0.6) is 11.5 Å². The van der Waals surface area contributed by atoms with Crippen molar-refractivity contribution in [2.45, 2.75) is 6.36 Å². The Kier molecular flexibility index (Phi) is 4.40. The number of nitrogens with one attached hydrogen (secondary N) is 2. The normalized spacial score (nSPS) is 10.9. The Morgan fingerprint density at radius 2 is 1.64 bits per heavy atom. The molecule has 2 aromatic carbocycles. The molecule has 0 unspecified atom stereocenters. The lowest BCUT2D eigenvalue weighted by Crippen LogP contribution is -2.19. The maximum atomic E-state index is 12.0. The van der Waals surface area contributed by atoms with Gasteiger partial charge in [-0.05, 0) is 36.4 Å². The molecule has 0 radical (unpaired) electrons. The fourth-order valence-electron chi connectivity index (χ4n) is 1.62. The second kappa shape index (κ2) is 6.25. The van der Waals surface area contributed by atoms with Crippen LogP contribution in [0.25, 0.3) is 0 Å². The number of hydrogen-bond acceptors (Lipinski definition) is 3. The van der Waals surface area contributed by atoms with Crippen molar-refractivity contribution in [1.82, 2.24) is 0 Å². The number of carbonyl (C=O) groups excluding carboxylic acids is 1. The van der Waals surface area contributed by atoms with Crippen molar-refractivity contribution < 1.29 is 27.8 Å². The van der Waals surface area contributed by atoms with E-state index in [-0.39, 0.29) is 17.2 Å². The third-order valence-corrected chi connectivity index (χ3v) is 2.45. The fourth-order valence-corrected chi connectivity index (χ4v) is 1.62. The quantitative estimate of drug-likeness (QED) is 0.804. The summed E-state index contributed by atoms with van der Waals surface area (Å²) >= 11 is 0. The number of carbonyl (C=O) groups is 1. The SMILES string of the molecule is O=C(Nc1ccc(OC(F)(F)F)cc1)Nc1cccc(O)c1. The lowest BCUT2D eigenvalue weighted by Gasteiger charge is -2.10. The monoisotopic (exact) mass is 312 g/mol. The summed E-state index contributed by atoms with van der Waals surface area (Å²) in [7, 11) is 0. The van der Waals surface area contributed by atoms with E-state index >= 15 is 0 Å². The van der Waals surface area contributed by atoms with Crippen LogP contribution in [-0.4, -0.2) is 17.5 Å². The van der Waals surface area contributed by atoms with E-state index in [0.717, 1.165) is 12.1 Å². The van der Waals surface area contributed by atoms with Crippen LogP contribution in [0.4, 0.5) is 29.3 Å². The molecule has 5 nitrogen and oxygen atoms in total. The Bertz CT molecular complexity index is 657. The van der Waals surface area contributed by atoms with Gasteiger partial charge < -0.3 is 20.5 Å². The standard InChI is InChI=1S/C14H11F3N2O3/c15-14(16,17)22-12-6-4-9(5-7-12)18-13(21)19-10-2-1-3-11(20)8-10/h1-8,20H,(H2,18,19,21). The van der Waals surface area contributed by atoms with E-state index in [9.17, 15) is 23.1 Å². The van der Waals surface area contributed by atoms with Gasteiger partial charge in [0.1, 0.15) is 11.5 Å². The predicted octanol–water partition coefficient (Wildman–Crippen LogP) is 3.93. The van der Waals surface area contributed by atoms with Crippen LogP contribution in [0.3, 0.4) is 0 Å². The Hall–Kier alpha value is -2.90. The van der Waals surface area contributed by atoms with Crippen molar-refractivity contribution in [3.8, 4) is 11.5 Å². The summed E-state index contributed by atoms with van der Waals surface area (Å²) in [5.74, 6) is -0.391. The average molecular weight is 312 g/mol. The van der Waals surface area contributed by atoms with Gasteiger partial charge in [0.15, 0.2) is 0 Å². The molecule has 0 aromatic heterocycles. The molecule has 0 aliphatic rings. The molecule has 0 bridgehead atoms. The summed E-state index contributed by atoms with van der Waals surface area (Å²) in [5, 5.41) is 14.2. The first-order valence-electron chi connectivity index (χ1n) is 6.05. The molecule has 0 spiro atoms. The van der Waals surface area contributed by atoms with Gasteiger partial charge in [-0.1, -0.05) is 6.07 Å². The molecule has 2 rings (SSSR count). The van der Waals surface area contributed by atoms with Gasteiger partial charge in [0.05, 0.1) is 0 Å². The number of aromatic hydroxyl groups is 1. The molecular formula is C14H11F3N2O3. The smallest absolute Gasteiger partial charge is 0.508 e. The van der Waals surface area contributed by atoms with Crippen LogP contribution < -0.4 is 15.4 Å². The molecule has 8 heteroatoms. The fraction of sp³-hybridized carbons (Fsp3) is 0.0714. The van der Waals surface area contributed by atoms with Gasteiger partial charge in [-0.25, -0.2) is 4.79 Å². The zero-order chi connectivity index (χ0) is 16.2. The minimum absolute atomic E-state index is 0.00791. The molecule has 0 fully saturated rings. The van der Waals surface area contributed by atoms with Gasteiger partial charge in [0, 0.05) is 17.4 Å². The first kappa shape index (κ1) is 15.5. The van der Waals surface area contributed by atoms with Crippen molar-refractivity contribution in [2.24, 2.45) is 0 Å². The highest BCUT2D eigenvalue weighted by atomic mass is 19.4. The summed E-state index contributed by atoms with van der Waals surface area (Å²) < 4.78 is 39.7. The van der Waals surface area contributed by atoms with E-state index in [1.807, 2.05) is 0 Å². The Balaban J connectivity index is 1.94. The summed E-state index contributed by atoms with van der Waals surface area (Å²) in [5.41, 5.74) is 0.654. The van der Waals surface area contributed by atoms with Gasteiger partial charge in [0.2, 0.25) is 0 Å². The Labute approximate surface area is 123 Å². The zero-order valence-corrected chi connectivity index (χ0v) is 11.0. The van der Waals surface area contributed by atoms with Crippen LogP contribution in [-0.2, 0) is 0 Å². The molecule has 0 atom stereocenters. The molecule has 0 heterocycles. The van der Waals surface area contributed by atoms with E-state index in [1.165, 1.54) is 24.3 Å². The largest absolute Gasteiger partial charge is 0.573 e. The van der Waals surface area contributed by atoms with Crippen molar-refractivity contribution in [3.05, 3.63) is 48.5 Å². The number of urea groups is 1. The molecule has 0 aliphatic carbocycles. The van der Waals surface area contributed by atoms with Gasteiger partial charge in [-0.15, -0.1) is 13.2 Å². The number of amides is 2. The molecule has 22 heavy (non-hydrogen) atoms. The summed E-state index contributed by atoms with van der Waals surface area (Å²) in [4.78, 5) is 11.7. The highest BCUT2D eigenvalue weighted by molar-refractivity contribution is 5.99.